The van der Waals surface area contributed by atoms with Gasteiger partial charge in [-0.1, -0.05) is 72.0 Å². The lowest BCUT2D eigenvalue weighted by Gasteiger charge is -2.25. The number of halogens is 1. The molecule has 0 amide bonds. The molecule has 9 heteroatoms. The number of carbonyl (C=O) groups excluding carboxylic acids is 1. The molecule has 1 aromatic heterocycles. The lowest BCUT2D eigenvalue weighted by molar-refractivity contribution is -0.138. The Balaban J connectivity index is 1.81. The number of aromatic hydroxyl groups is 1. The van der Waals surface area contributed by atoms with E-state index in [2.05, 4.69) is 0 Å². The third kappa shape index (κ3) is 4.79. The first-order valence-electron chi connectivity index (χ1n) is 11.8. The molecule has 0 saturated heterocycles. The van der Waals surface area contributed by atoms with Crippen LogP contribution in [0, 0.1) is 3.57 Å². The Morgan fingerprint density at radius 3 is 2.47 bits per heavy atom. The minimum atomic E-state index is -0.724. The van der Waals surface area contributed by atoms with Crippen molar-refractivity contribution >= 4 is 51.7 Å². The van der Waals surface area contributed by atoms with Crippen molar-refractivity contribution in [3.8, 4) is 11.5 Å². The van der Waals surface area contributed by atoms with Crippen LogP contribution in [0.5, 0.6) is 11.5 Å². The van der Waals surface area contributed by atoms with Gasteiger partial charge in [-0.15, -0.1) is 0 Å². The van der Waals surface area contributed by atoms with Gasteiger partial charge in [0.05, 0.1) is 39.1 Å². The number of thiazole rings is 1. The van der Waals surface area contributed by atoms with Crippen LogP contribution < -0.4 is 19.6 Å². The van der Waals surface area contributed by atoms with Crippen LogP contribution in [0.25, 0.3) is 11.8 Å². The summed E-state index contributed by atoms with van der Waals surface area (Å²) < 4.78 is 13.4. The summed E-state index contributed by atoms with van der Waals surface area (Å²) in [4.78, 5) is 32.6. The Kier molecular flexibility index (Phi) is 7.48. The average Bonchev–Trinajstić information content (AvgIpc) is 3.25. The van der Waals surface area contributed by atoms with Gasteiger partial charge < -0.3 is 14.6 Å². The highest BCUT2D eigenvalue weighted by Crippen LogP contribution is 2.35. The molecular weight excluding hydrogens is 615 g/mol. The minimum absolute atomic E-state index is 0.0439. The van der Waals surface area contributed by atoms with Gasteiger partial charge in [0.1, 0.15) is 0 Å². The Bertz CT molecular complexity index is 1730. The standard InChI is InChI=1S/C29H23IN2O5S/c1-3-37-28(35)23-24(18-10-6-4-7-11-18)31-29-32(25(23)19-12-8-5-9-13-19)27(34)22(38-29)16-17-14-20(30)26(33)21(15-17)36-2/h4-16,25,33H,3H2,1-2H3/b22-16-/t25-/m0/s1. The van der Waals surface area contributed by atoms with Crippen molar-refractivity contribution in [1.82, 2.24) is 4.57 Å². The number of carbonyl (C=O) groups is 1. The first-order chi connectivity index (χ1) is 18.4. The van der Waals surface area contributed by atoms with Crippen LogP contribution in [0.15, 0.2) is 88.2 Å². The van der Waals surface area contributed by atoms with Crippen molar-refractivity contribution in [3.63, 3.8) is 0 Å². The van der Waals surface area contributed by atoms with Gasteiger partial charge in [-0.2, -0.15) is 0 Å². The molecule has 0 radical (unpaired) electrons. The molecule has 3 aromatic carbocycles. The molecule has 0 bridgehead atoms. The van der Waals surface area contributed by atoms with Gasteiger partial charge in [0, 0.05) is 5.56 Å². The van der Waals surface area contributed by atoms with Gasteiger partial charge in [0.15, 0.2) is 16.3 Å². The number of hydrogen-bond donors (Lipinski definition) is 1. The van der Waals surface area contributed by atoms with Crippen LogP contribution in [0.2, 0.25) is 0 Å². The number of fused-ring (bicyclic) bond motifs is 1. The summed E-state index contributed by atoms with van der Waals surface area (Å²) in [5.74, 6) is -0.160. The van der Waals surface area contributed by atoms with Crippen molar-refractivity contribution in [2.24, 2.45) is 4.99 Å². The fraction of sp³-hybridized carbons (Fsp3) is 0.138. The average molecular weight is 638 g/mol. The lowest BCUT2D eigenvalue weighted by Crippen LogP contribution is -2.39. The van der Waals surface area contributed by atoms with E-state index in [4.69, 9.17) is 14.5 Å². The molecule has 2 heterocycles. The SMILES string of the molecule is CCOC(=O)C1=C(c2ccccc2)N=c2s/c(=C\c3cc(I)c(O)c(OC)c3)c(=O)n2[C@H]1c1ccccc1. The molecule has 4 aromatic rings. The second-order valence-electron chi connectivity index (χ2n) is 8.40. The maximum Gasteiger partial charge on any atom is 0.338 e. The highest BCUT2D eigenvalue weighted by Gasteiger charge is 2.35. The Hall–Kier alpha value is -3.70. The zero-order valence-electron chi connectivity index (χ0n) is 20.6. The molecule has 0 fully saturated rings. The molecule has 0 spiro atoms. The largest absolute Gasteiger partial charge is 0.504 e. The van der Waals surface area contributed by atoms with E-state index in [0.717, 1.165) is 11.1 Å². The van der Waals surface area contributed by atoms with E-state index in [9.17, 15) is 14.7 Å². The zero-order chi connectivity index (χ0) is 26.8. The zero-order valence-corrected chi connectivity index (χ0v) is 23.5. The maximum absolute atomic E-state index is 13.9. The minimum Gasteiger partial charge on any atom is -0.504 e. The Morgan fingerprint density at radius 2 is 1.82 bits per heavy atom. The van der Waals surface area contributed by atoms with Crippen molar-refractivity contribution in [2.45, 2.75) is 13.0 Å². The molecule has 0 saturated carbocycles. The van der Waals surface area contributed by atoms with E-state index in [-0.39, 0.29) is 17.9 Å². The van der Waals surface area contributed by atoms with Gasteiger partial charge in [0.2, 0.25) is 0 Å². The van der Waals surface area contributed by atoms with Crippen LogP contribution in [-0.4, -0.2) is 29.4 Å². The predicted molar refractivity (Wildman–Crippen MR) is 155 cm³/mol. The molecule has 1 aliphatic heterocycles. The summed E-state index contributed by atoms with van der Waals surface area (Å²) in [5, 5.41) is 10.2. The molecular formula is C29H23IN2O5S. The number of methoxy groups -OCH3 is 1. The summed E-state index contributed by atoms with van der Waals surface area (Å²) in [6, 6.07) is 21.6. The summed E-state index contributed by atoms with van der Waals surface area (Å²) in [7, 11) is 1.48. The van der Waals surface area contributed by atoms with Crippen LogP contribution in [0.3, 0.4) is 0 Å². The monoisotopic (exact) mass is 638 g/mol. The maximum atomic E-state index is 13.9. The van der Waals surface area contributed by atoms with Gasteiger partial charge in [0.25, 0.3) is 5.56 Å². The van der Waals surface area contributed by atoms with Crippen LogP contribution in [-0.2, 0) is 9.53 Å². The molecule has 5 rings (SSSR count). The van der Waals surface area contributed by atoms with Gasteiger partial charge >= 0.3 is 5.97 Å². The van der Waals surface area contributed by atoms with Gasteiger partial charge in [-0.3, -0.25) is 9.36 Å². The van der Waals surface area contributed by atoms with Crippen molar-refractivity contribution in [1.29, 1.82) is 0 Å². The van der Waals surface area contributed by atoms with Crippen LogP contribution in [0.4, 0.5) is 0 Å². The summed E-state index contributed by atoms with van der Waals surface area (Å²) in [6.45, 7) is 1.94. The van der Waals surface area contributed by atoms with Crippen LogP contribution >= 0.6 is 33.9 Å². The first kappa shape index (κ1) is 25.9. The molecule has 7 nitrogen and oxygen atoms in total. The van der Waals surface area contributed by atoms with E-state index in [1.54, 1.807) is 29.7 Å². The fourth-order valence-corrected chi connectivity index (χ4v) is 6.00. The van der Waals surface area contributed by atoms with E-state index < -0.39 is 12.0 Å². The number of nitrogens with zero attached hydrogens (tertiary/aromatic N) is 2. The Labute approximate surface area is 236 Å². The topological polar surface area (TPSA) is 90.1 Å². The number of phenols is 1. The number of ether oxygens (including phenoxy) is 2. The van der Waals surface area contributed by atoms with E-state index in [0.29, 0.717) is 35.5 Å². The number of esters is 1. The molecule has 0 unspecified atom stereocenters. The summed E-state index contributed by atoms with van der Waals surface area (Å²) >= 11 is 3.26. The predicted octanol–water partition coefficient (Wildman–Crippen LogP) is 4.25. The van der Waals surface area contributed by atoms with E-state index in [1.165, 1.54) is 18.4 Å². The van der Waals surface area contributed by atoms with E-state index >= 15 is 0 Å². The number of hydrogen-bond acceptors (Lipinski definition) is 7. The summed E-state index contributed by atoms with van der Waals surface area (Å²) in [6.07, 6.45) is 1.74. The van der Waals surface area contributed by atoms with Gasteiger partial charge in [-0.05, 0) is 58.9 Å². The normalized spacial score (nSPS) is 15.1. The molecule has 1 atom stereocenters. The van der Waals surface area contributed by atoms with Crippen molar-refractivity contribution in [3.05, 3.63) is 118 Å². The first-order valence-corrected chi connectivity index (χ1v) is 13.7. The van der Waals surface area contributed by atoms with Crippen LogP contribution in [0.1, 0.15) is 29.7 Å². The molecule has 0 aliphatic carbocycles. The van der Waals surface area contributed by atoms with Gasteiger partial charge in [-0.25, -0.2) is 9.79 Å². The number of rotatable bonds is 6. The third-order valence-electron chi connectivity index (χ3n) is 6.06. The highest BCUT2D eigenvalue weighted by atomic mass is 127. The number of benzene rings is 3. The van der Waals surface area contributed by atoms with Crippen molar-refractivity contribution < 1.29 is 19.4 Å². The lowest BCUT2D eigenvalue weighted by atomic mass is 9.93. The van der Waals surface area contributed by atoms with E-state index in [1.807, 2.05) is 83.3 Å². The second-order valence-corrected chi connectivity index (χ2v) is 10.6. The smallest absolute Gasteiger partial charge is 0.338 e. The molecule has 1 aliphatic rings. The Morgan fingerprint density at radius 1 is 1.13 bits per heavy atom. The highest BCUT2D eigenvalue weighted by molar-refractivity contribution is 14.1. The second kappa shape index (κ2) is 11.0. The molecule has 1 N–H and O–H groups in total. The fourth-order valence-electron chi connectivity index (χ4n) is 4.38. The quantitative estimate of drug-likeness (QED) is 0.252. The molecule has 38 heavy (non-hydrogen) atoms. The number of aromatic nitrogens is 1. The summed E-state index contributed by atoms with van der Waals surface area (Å²) in [5.41, 5.74) is 2.73. The van der Waals surface area contributed by atoms with Crippen molar-refractivity contribution in [2.75, 3.05) is 13.7 Å². The third-order valence-corrected chi connectivity index (χ3v) is 7.86. The molecule has 192 valence electrons. The number of phenolic OH excluding ortho intramolecular Hbond substituents is 1.